The summed E-state index contributed by atoms with van der Waals surface area (Å²) in [6.45, 7) is -0.274. The van der Waals surface area contributed by atoms with Gasteiger partial charge in [0.05, 0.1) is 0 Å². The molecule has 308 valence electrons. The van der Waals surface area contributed by atoms with Gasteiger partial charge in [0.2, 0.25) is 13.4 Å². The molecule has 0 amide bonds. The van der Waals surface area contributed by atoms with Crippen LogP contribution in [0.15, 0.2) is 218 Å². The molecule has 0 radical (unpaired) electrons. The lowest BCUT2D eigenvalue weighted by molar-refractivity contribution is 1.07. The summed E-state index contributed by atoms with van der Waals surface area (Å²) in [5.74, 6) is 7.41. The summed E-state index contributed by atoms with van der Waals surface area (Å²) in [7, 11) is 0. The second kappa shape index (κ2) is 16.5. The van der Waals surface area contributed by atoms with Crippen molar-refractivity contribution >= 4 is 63.3 Å². The van der Waals surface area contributed by atoms with Crippen molar-refractivity contribution in [3.8, 4) is 81.1 Å². The number of hydrogen-bond donors (Lipinski definition) is 0. The minimum absolute atomic E-state index is 0.137. The van der Waals surface area contributed by atoms with Gasteiger partial charge in [-0.3, -0.25) is 0 Å². The van der Waals surface area contributed by atoms with E-state index in [4.69, 9.17) is 27.8 Å². The number of fused-ring (bicyclic) bond motifs is 4. The average Bonchev–Trinajstić information content (AvgIpc) is 3.41. The third-order valence-electron chi connectivity index (χ3n) is 13.2. The average molecular weight is 849 g/mol. The Labute approximate surface area is 391 Å². The van der Waals surface area contributed by atoms with Gasteiger partial charge in [0.1, 0.15) is 0 Å². The van der Waals surface area contributed by atoms with Gasteiger partial charge in [-0.2, -0.15) is 0 Å². The molecule has 0 N–H and O–H groups in total. The lowest BCUT2D eigenvalue weighted by Crippen LogP contribution is -2.65. The molecule has 0 aliphatic carbocycles. The molecule has 67 heavy (non-hydrogen) atoms. The van der Waals surface area contributed by atoms with Crippen molar-refractivity contribution in [2.75, 3.05) is 4.90 Å². The van der Waals surface area contributed by atoms with E-state index >= 15 is 0 Å². The summed E-state index contributed by atoms with van der Waals surface area (Å²) in [6, 6.07) is 77.2. The van der Waals surface area contributed by atoms with Crippen LogP contribution in [0, 0.1) is 24.7 Å². The van der Waals surface area contributed by atoms with Crippen molar-refractivity contribution in [2.45, 2.75) is 0 Å². The molecule has 3 heterocycles. The van der Waals surface area contributed by atoms with Gasteiger partial charge in [0.15, 0.2) is 17.5 Å². The number of benzene rings is 9. The molecule has 12 rings (SSSR count). The summed E-state index contributed by atoms with van der Waals surface area (Å²) in [6.07, 6.45) is 11.6. The summed E-state index contributed by atoms with van der Waals surface area (Å²) in [5.41, 5.74) is 19.5. The Morgan fingerprint density at radius 2 is 0.672 bits per heavy atom. The van der Waals surface area contributed by atoms with E-state index in [0.717, 1.165) is 61.4 Å². The zero-order valence-corrected chi connectivity index (χ0v) is 36.4. The summed E-state index contributed by atoms with van der Waals surface area (Å²) in [5, 5.41) is 0. The van der Waals surface area contributed by atoms with Crippen molar-refractivity contribution in [1.29, 1.82) is 0 Å². The standard InChI is InChI=1S/C61H38B2N4/c1-3-41-25-29-43(30-26-41)47-33-35-56-52(37-47)62(50-21-13-7-14-22-50)54-39-49(61-65-59(45-17-9-5-10-18-45)64-60(66-61)46-19-11-6-12-20-46)40-55-58(54)67(56)57-36-34-48(44-31-27-42(4-2)28-32-44)38-53(57)63(55)51-23-15-8-16-24-51/h1-2,5-40H. The first kappa shape index (κ1) is 39.6. The fourth-order valence-electron chi connectivity index (χ4n) is 10.0. The Kier molecular flexibility index (Phi) is 9.79. The summed E-state index contributed by atoms with van der Waals surface area (Å²) >= 11 is 0. The molecule has 0 unspecified atom stereocenters. The Balaban J connectivity index is 1.17. The van der Waals surface area contributed by atoms with E-state index in [-0.39, 0.29) is 13.4 Å². The fourth-order valence-corrected chi connectivity index (χ4v) is 10.0. The molecular weight excluding hydrogens is 810 g/mol. The Morgan fingerprint density at radius 3 is 1.06 bits per heavy atom. The van der Waals surface area contributed by atoms with Gasteiger partial charge >= 0.3 is 0 Å². The van der Waals surface area contributed by atoms with Crippen LogP contribution in [0.4, 0.5) is 17.1 Å². The van der Waals surface area contributed by atoms with E-state index in [1.807, 2.05) is 60.7 Å². The smallest absolute Gasteiger partial charge is 0.246 e. The molecule has 0 spiro atoms. The maximum absolute atomic E-state index is 5.80. The van der Waals surface area contributed by atoms with Crippen LogP contribution in [0.2, 0.25) is 0 Å². The van der Waals surface area contributed by atoms with Crippen LogP contribution in [-0.4, -0.2) is 28.4 Å². The summed E-state index contributed by atoms with van der Waals surface area (Å²) < 4.78 is 0. The molecule has 0 bridgehead atoms. The maximum Gasteiger partial charge on any atom is 0.246 e. The highest BCUT2D eigenvalue weighted by molar-refractivity contribution is 7.02. The van der Waals surface area contributed by atoms with E-state index in [1.54, 1.807) is 0 Å². The van der Waals surface area contributed by atoms with Crippen LogP contribution < -0.4 is 37.7 Å². The number of hydrogen-bond acceptors (Lipinski definition) is 4. The second-order valence-corrected chi connectivity index (χ2v) is 17.1. The van der Waals surface area contributed by atoms with E-state index in [0.29, 0.717) is 17.5 Å². The van der Waals surface area contributed by atoms with Crippen molar-refractivity contribution in [3.63, 3.8) is 0 Å². The third-order valence-corrected chi connectivity index (χ3v) is 13.2. The van der Waals surface area contributed by atoms with Gasteiger partial charge < -0.3 is 4.90 Å². The van der Waals surface area contributed by atoms with E-state index < -0.39 is 0 Å². The Hall–Kier alpha value is -8.96. The molecule has 10 aromatic rings. The maximum atomic E-state index is 5.80. The first-order chi connectivity index (χ1) is 33.1. The van der Waals surface area contributed by atoms with Crippen molar-refractivity contribution < 1.29 is 0 Å². The summed E-state index contributed by atoms with van der Waals surface area (Å²) in [4.78, 5) is 18.2. The molecule has 2 aliphatic rings. The molecule has 0 atom stereocenters. The van der Waals surface area contributed by atoms with Crippen LogP contribution in [0.3, 0.4) is 0 Å². The lowest BCUT2D eigenvalue weighted by Gasteiger charge is -2.44. The topological polar surface area (TPSA) is 41.9 Å². The van der Waals surface area contributed by atoms with Crippen molar-refractivity contribution in [2.24, 2.45) is 0 Å². The Morgan fingerprint density at radius 1 is 0.328 bits per heavy atom. The number of aromatic nitrogens is 3. The van der Waals surface area contributed by atoms with Crippen LogP contribution in [-0.2, 0) is 0 Å². The van der Waals surface area contributed by atoms with Gasteiger partial charge in [-0.1, -0.05) is 205 Å². The van der Waals surface area contributed by atoms with Crippen LogP contribution in [0.5, 0.6) is 0 Å². The van der Waals surface area contributed by atoms with Gasteiger partial charge in [0, 0.05) is 44.9 Å². The first-order valence-corrected chi connectivity index (χ1v) is 22.5. The van der Waals surface area contributed by atoms with Crippen LogP contribution >= 0.6 is 0 Å². The van der Waals surface area contributed by atoms with E-state index in [2.05, 4.69) is 174 Å². The van der Waals surface area contributed by atoms with E-state index in [9.17, 15) is 0 Å². The minimum Gasteiger partial charge on any atom is -0.313 e. The van der Waals surface area contributed by atoms with Crippen LogP contribution in [0.25, 0.3) is 56.4 Å². The van der Waals surface area contributed by atoms with Crippen molar-refractivity contribution in [1.82, 2.24) is 15.0 Å². The van der Waals surface area contributed by atoms with Gasteiger partial charge in [-0.05, 0) is 80.5 Å². The number of terminal acetylenes is 2. The highest BCUT2D eigenvalue weighted by Crippen LogP contribution is 2.41. The Bertz CT molecular complexity index is 3350. The number of rotatable bonds is 7. The predicted octanol–water partition coefficient (Wildman–Crippen LogP) is 9.30. The first-order valence-electron chi connectivity index (χ1n) is 22.5. The normalized spacial score (nSPS) is 12.1. The molecule has 9 aromatic carbocycles. The van der Waals surface area contributed by atoms with E-state index in [1.165, 1.54) is 38.5 Å². The number of nitrogens with zero attached hydrogens (tertiary/aromatic N) is 4. The fraction of sp³-hybridized carbons (Fsp3) is 0. The largest absolute Gasteiger partial charge is 0.313 e. The molecular formula is C61H38B2N4. The minimum atomic E-state index is -0.137. The molecule has 6 heteroatoms. The predicted molar refractivity (Wildman–Crippen MR) is 280 cm³/mol. The monoisotopic (exact) mass is 848 g/mol. The molecule has 4 nitrogen and oxygen atoms in total. The van der Waals surface area contributed by atoms with Crippen molar-refractivity contribution in [3.05, 3.63) is 230 Å². The molecule has 2 aliphatic heterocycles. The zero-order chi connectivity index (χ0) is 44.8. The van der Waals surface area contributed by atoms with Gasteiger partial charge in [-0.15, -0.1) is 12.8 Å². The van der Waals surface area contributed by atoms with Gasteiger partial charge in [0.25, 0.3) is 0 Å². The third kappa shape index (κ3) is 7.01. The molecule has 0 fully saturated rings. The second-order valence-electron chi connectivity index (χ2n) is 17.1. The highest BCUT2D eigenvalue weighted by atomic mass is 15.2. The quantitative estimate of drug-likeness (QED) is 0.119. The molecule has 0 saturated heterocycles. The molecule has 1 aromatic heterocycles. The van der Waals surface area contributed by atoms with Gasteiger partial charge in [-0.25, -0.2) is 15.0 Å². The molecule has 0 saturated carbocycles. The zero-order valence-electron chi connectivity index (χ0n) is 36.4. The van der Waals surface area contributed by atoms with Crippen LogP contribution in [0.1, 0.15) is 11.1 Å². The lowest BCUT2D eigenvalue weighted by atomic mass is 9.30. The number of anilines is 3. The highest BCUT2D eigenvalue weighted by Gasteiger charge is 2.44. The SMILES string of the molecule is C#Cc1ccc(-c2ccc3c(c2)B(c2ccccc2)c2cc(-c4nc(-c5ccccc5)nc(-c5ccccc5)n4)cc4c2N3c2ccc(-c3ccc(C#C)cc3)cc2B4c2ccccc2)cc1.